The van der Waals surface area contributed by atoms with Crippen LogP contribution in [0.3, 0.4) is 0 Å². The van der Waals surface area contributed by atoms with Gasteiger partial charge in [-0.1, -0.05) is 0 Å². The molecule has 3 rings (SSSR count). The summed E-state index contributed by atoms with van der Waals surface area (Å²) in [5.41, 5.74) is 4.41. The molecule has 0 unspecified atom stereocenters. The quantitative estimate of drug-likeness (QED) is 0.340. The summed E-state index contributed by atoms with van der Waals surface area (Å²) in [4.78, 5) is 0. The second-order valence-electron chi connectivity index (χ2n) is 6.14. The third-order valence-electron chi connectivity index (χ3n) is 4.09. The first kappa shape index (κ1) is 16.9. The molecule has 116 valence electrons. The van der Waals surface area contributed by atoms with Crippen LogP contribution >= 0.6 is 12.3 Å². The Bertz CT molecular complexity index is 609. The summed E-state index contributed by atoms with van der Waals surface area (Å²) in [5.74, 6) is 0. The molecule has 0 saturated carbocycles. The number of hydrogen-bond acceptors (Lipinski definition) is 0. The molecule has 0 N–H and O–H groups in total. The van der Waals surface area contributed by atoms with Crippen LogP contribution in [0.4, 0.5) is 0 Å². The van der Waals surface area contributed by atoms with Crippen molar-refractivity contribution in [3.8, 4) is 0 Å². The van der Waals surface area contributed by atoms with Crippen LogP contribution in [-0.4, -0.2) is 0 Å². The normalized spacial score (nSPS) is 11.3. The molecule has 0 spiro atoms. The Balaban J connectivity index is 1.85. The van der Waals surface area contributed by atoms with Crippen molar-refractivity contribution >= 4 is 12.3 Å². The molecule has 0 bridgehead atoms. The molecule has 23 heavy (non-hydrogen) atoms. The van der Waals surface area contributed by atoms with E-state index in [2.05, 4.69) is 103 Å². The standard InChI is InChI=1S/3C7H7.BrH.Hf/c3*1-7-5-3-2-4-6-7;;/h3*2-6H,1H2;1H;/q;;;;+1/p-1. The fraction of sp³-hybridized carbons (Fsp3) is 0.143. The Hall–Kier alpha value is -0.990. The summed E-state index contributed by atoms with van der Waals surface area (Å²) in [6.07, 6.45) is 0. The zero-order valence-electron chi connectivity index (χ0n) is 13.2. The van der Waals surface area contributed by atoms with E-state index in [0.29, 0.717) is 0 Å². The van der Waals surface area contributed by atoms with Gasteiger partial charge < -0.3 is 0 Å². The van der Waals surface area contributed by atoms with Gasteiger partial charge in [0.2, 0.25) is 0 Å². The van der Waals surface area contributed by atoms with Crippen LogP contribution in [0.5, 0.6) is 0 Å². The molecule has 0 aromatic heterocycles. The molecule has 0 atom stereocenters. The van der Waals surface area contributed by atoms with Gasteiger partial charge in [-0.05, 0) is 0 Å². The van der Waals surface area contributed by atoms with Crippen molar-refractivity contribution in [2.45, 2.75) is 12.5 Å². The first-order valence-electron chi connectivity index (χ1n) is 8.04. The molecule has 0 aliphatic carbocycles. The van der Waals surface area contributed by atoms with Crippen molar-refractivity contribution in [1.29, 1.82) is 0 Å². The van der Waals surface area contributed by atoms with Crippen LogP contribution in [0, 0.1) is 0 Å². The predicted molar refractivity (Wildman–Crippen MR) is 99.4 cm³/mol. The number of hydrogen-bond donors (Lipinski definition) is 0. The van der Waals surface area contributed by atoms with Gasteiger partial charge in [0.15, 0.2) is 0 Å². The van der Waals surface area contributed by atoms with Gasteiger partial charge in [0.25, 0.3) is 0 Å². The van der Waals surface area contributed by atoms with Crippen molar-refractivity contribution in [3.05, 3.63) is 108 Å². The summed E-state index contributed by atoms with van der Waals surface area (Å²) in [5, 5.41) is 0. The first-order valence-corrected chi connectivity index (χ1v) is 23.5. The summed E-state index contributed by atoms with van der Waals surface area (Å²) in [6.45, 7) is 0. The van der Waals surface area contributed by atoms with E-state index in [1.54, 1.807) is 0 Å². The number of rotatable bonds is 6. The van der Waals surface area contributed by atoms with Crippen LogP contribution in [0.1, 0.15) is 16.7 Å². The number of benzene rings is 3. The fourth-order valence-corrected chi connectivity index (χ4v) is 22.8. The maximum absolute atomic E-state index is 4.32. The zero-order chi connectivity index (χ0) is 16.0. The third-order valence-corrected chi connectivity index (χ3v) is 22.2. The van der Waals surface area contributed by atoms with E-state index in [9.17, 15) is 0 Å². The molecule has 0 radical (unpaired) electrons. The molecular formula is C21H21BrHf. The second kappa shape index (κ2) is 8.21. The molecule has 0 saturated heterocycles. The van der Waals surface area contributed by atoms with E-state index in [1.165, 1.54) is 29.2 Å². The molecule has 0 heterocycles. The SMILES string of the molecule is [Br][Hf]([CH2]c1ccccc1)([CH2]c1ccccc1)[CH2]c1ccccc1. The van der Waals surface area contributed by atoms with Crippen molar-refractivity contribution in [2.24, 2.45) is 0 Å². The molecule has 0 aliphatic heterocycles. The third kappa shape index (κ3) is 5.26. The maximum atomic E-state index is 4.32. The summed E-state index contributed by atoms with van der Waals surface area (Å²) >= 11 is 1.65. The molecule has 3 aromatic rings. The van der Waals surface area contributed by atoms with Gasteiger partial charge in [0.05, 0.1) is 0 Å². The topological polar surface area (TPSA) is 0 Å². The van der Waals surface area contributed by atoms with Crippen LogP contribution in [0.2, 0.25) is 0 Å². The van der Waals surface area contributed by atoms with E-state index in [1.807, 2.05) is 0 Å². The Morgan fingerprint density at radius 1 is 0.478 bits per heavy atom. The van der Waals surface area contributed by atoms with Gasteiger partial charge in [0, 0.05) is 0 Å². The van der Waals surface area contributed by atoms with E-state index in [-0.39, 0.29) is 0 Å². The second-order valence-corrected chi connectivity index (χ2v) is 32.0. The van der Waals surface area contributed by atoms with E-state index < -0.39 is 17.6 Å². The molecule has 0 amide bonds. The Kier molecular flexibility index (Phi) is 6.02. The summed E-state index contributed by atoms with van der Waals surface area (Å²) in [7, 11) is 0. The summed E-state index contributed by atoms with van der Waals surface area (Å²) in [6, 6.07) is 32.9. The molecule has 2 heteroatoms. The molecule has 0 nitrogen and oxygen atoms in total. The molecule has 3 aromatic carbocycles. The molecule has 0 fully saturated rings. The minimum atomic E-state index is -2.67. The van der Waals surface area contributed by atoms with Gasteiger partial charge >= 0.3 is 150 Å². The minimum absolute atomic E-state index is 1.23. The van der Waals surface area contributed by atoms with E-state index >= 15 is 0 Å². The van der Waals surface area contributed by atoms with E-state index in [4.69, 9.17) is 0 Å². The van der Waals surface area contributed by atoms with Gasteiger partial charge in [-0.3, -0.25) is 0 Å². The predicted octanol–water partition coefficient (Wildman–Crippen LogP) is 6.05. The van der Waals surface area contributed by atoms with Crippen LogP contribution in [0.25, 0.3) is 0 Å². The van der Waals surface area contributed by atoms with Crippen LogP contribution < -0.4 is 0 Å². The van der Waals surface area contributed by atoms with Crippen molar-refractivity contribution < 1.29 is 17.6 Å². The zero-order valence-corrected chi connectivity index (χ0v) is 18.3. The fourth-order valence-electron chi connectivity index (χ4n) is 3.07. The van der Waals surface area contributed by atoms with Gasteiger partial charge in [-0.2, -0.15) is 0 Å². The van der Waals surface area contributed by atoms with Crippen molar-refractivity contribution in [2.75, 3.05) is 0 Å². The molecule has 0 aliphatic rings. The first-order chi connectivity index (χ1) is 11.2. The van der Waals surface area contributed by atoms with Gasteiger partial charge in [-0.25, -0.2) is 0 Å². The summed E-state index contributed by atoms with van der Waals surface area (Å²) < 4.78 is 3.70. The Labute approximate surface area is 149 Å². The van der Waals surface area contributed by atoms with Crippen molar-refractivity contribution in [3.63, 3.8) is 0 Å². The van der Waals surface area contributed by atoms with Crippen molar-refractivity contribution in [1.82, 2.24) is 0 Å². The van der Waals surface area contributed by atoms with Crippen LogP contribution in [0.15, 0.2) is 91.0 Å². The van der Waals surface area contributed by atoms with Crippen LogP contribution in [-0.2, 0) is 30.2 Å². The van der Waals surface area contributed by atoms with E-state index in [0.717, 1.165) is 0 Å². The monoisotopic (exact) mass is 532 g/mol. The molecular weight excluding hydrogens is 511 g/mol. The Morgan fingerprint density at radius 3 is 1.00 bits per heavy atom. The average molecular weight is 532 g/mol. The van der Waals surface area contributed by atoms with Gasteiger partial charge in [-0.15, -0.1) is 0 Å². The Morgan fingerprint density at radius 2 is 0.739 bits per heavy atom. The number of halogens is 1. The average Bonchev–Trinajstić information content (AvgIpc) is 2.57. The van der Waals surface area contributed by atoms with Gasteiger partial charge in [0.1, 0.15) is 0 Å².